The fraction of sp³-hybridized carbons (Fsp3) is 0.167. The number of azo groups is 2. The Labute approximate surface area is 104 Å². The highest BCUT2D eigenvalue weighted by Gasteiger charge is 2.11. The molecule has 0 radical (unpaired) electrons. The van der Waals surface area contributed by atoms with E-state index in [2.05, 4.69) is 20.5 Å². The van der Waals surface area contributed by atoms with Crippen molar-refractivity contribution in [3.63, 3.8) is 0 Å². The van der Waals surface area contributed by atoms with Gasteiger partial charge in [-0.25, -0.2) is 0 Å². The van der Waals surface area contributed by atoms with Gasteiger partial charge in [0.15, 0.2) is 5.75 Å². The minimum atomic E-state index is 0.00348. The van der Waals surface area contributed by atoms with Crippen molar-refractivity contribution < 1.29 is 5.11 Å². The van der Waals surface area contributed by atoms with Crippen molar-refractivity contribution in [2.75, 3.05) is 19.8 Å². The summed E-state index contributed by atoms with van der Waals surface area (Å²) in [6.45, 7) is 0. The lowest BCUT2D eigenvalue weighted by atomic mass is 10.1. The molecule has 3 N–H and O–H groups in total. The Kier molecular flexibility index (Phi) is 3.18. The summed E-state index contributed by atoms with van der Waals surface area (Å²) in [5, 5.41) is 26.6. The van der Waals surface area contributed by atoms with Gasteiger partial charge in [-0.15, -0.1) is 0 Å². The zero-order valence-corrected chi connectivity index (χ0v) is 10.1. The molecule has 0 aromatic heterocycles. The van der Waals surface area contributed by atoms with Crippen molar-refractivity contribution in [1.82, 2.24) is 0 Å². The van der Waals surface area contributed by atoms with E-state index < -0.39 is 0 Å². The van der Waals surface area contributed by atoms with Crippen molar-refractivity contribution >= 4 is 27.8 Å². The Balaban J connectivity index is 2.81. The van der Waals surface area contributed by atoms with Crippen LogP contribution >= 0.6 is 0 Å². The van der Waals surface area contributed by atoms with Crippen LogP contribution in [0.15, 0.2) is 44.7 Å². The Hall–Kier alpha value is -2.50. The first-order valence-corrected chi connectivity index (χ1v) is 5.33. The van der Waals surface area contributed by atoms with E-state index in [4.69, 9.17) is 5.73 Å². The van der Waals surface area contributed by atoms with Crippen LogP contribution in [0.1, 0.15) is 0 Å². The molecule has 0 aliphatic carbocycles. The predicted octanol–water partition coefficient (Wildman–Crippen LogP) is 3.55. The van der Waals surface area contributed by atoms with Crippen LogP contribution in [-0.2, 0) is 0 Å². The van der Waals surface area contributed by atoms with E-state index in [0.29, 0.717) is 22.4 Å². The quantitative estimate of drug-likeness (QED) is 0.623. The smallest absolute Gasteiger partial charge is 0.153 e. The van der Waals surface area contributed by atoms with E-state index in [1.165, 1.54) is 7.05 Å². The number of fused-ring (bicyclic) bond motifs is 1. The maximum atomic E-state index is 10.1. The molecule has 0 spiro atoms. The number of phenols is 1. The van der Waals surface area contributed by atoms with Crippen LogP contribution in [0.4, 0.5) is 17.1 Å². The molecule has 0 aliphatic heterocycles. The lowest BCUT2D eigenvalue weighted by Crippen LogP contribution is -1.88. The van der Waals surface area contributed by atoms with Crippen molar-refractivity contribution in [2.24, 2.45) is 20.5 Å². The van der Waals surface area contributed by atoms with E-state index in [0.717, 1.165) is 5.39 Å². The SMILES string of the molecule is CN=Nc1ccc2ccc(N=NC)c(O)c2c1N. The molecule has 0 saturated heterocycles. The first-order chi connectivity index (χ1) is 8.69. The summed E-state index contributed by atoms with van der Waals surface area (Å²) < 4.78 is 0. The van der Waals surface area contributed by atoms with Gasteiger partial charge in [-0.2, -0.15) is 20.5 Å². The number of rotatable bonds is 2. The monoisotopic (exact) mass is 243 g/mol. The lowest BCUT2D eigenvalue weighted by Gasteiger charge is -2.08. The Morgan fingerprint density at radius 2 is 1.50 bits per heavy atom. The highest BCUT2D eigenvalue weighted by Crippen LogP contribution is 2.41. The molecule has 0 fully saturated rings. The van der Waals surface area contributed by atoms with Crippen molar-refractivity contribution in [3.05, 3.63) is 24.3 Å². The summed E-state index contributed by atoms with van der Waals surface area (Å²) in [6.07, 6.45) is 0. The van der Waals surface area contributed by atoms with E-state index >= 15 is 0 Å². The van der Waals surface area contributed by atoms with Crippen LogP contribution in [0.2, 0.25) is 0 Å². The predicted molar refractivity (Wildman–Crippen MR) is 70.9 cm³/mol. The molecule has 2 aromatic rings. The number of phenolic OH excluding ortho intramolecular Hbond substituents is 1. The van der Waals surface area contributed by atoms with E-state index in [1.54, 1.807) is 19.2 Å². The molecular weight excluding hydrogens is 230 g/mol. The molecule has 2 rings (SSSR count). The molecule has 0 aliphatic rings. The highest BCUT2D eigenvalue weighted by molar-refractivity contribution is 6.04. The Bertz CT molecular complexity index is 596. The molecule has 2 aromatic carbocycles. The summed E-state index contributed by atoms with van der Waals surface area (Å²) in [4.78, 5) is 0. The largest absolute Gasteiger partial charge is 0.505 e. The average Bonchev–Trinajstić information content (AvgIpc) is 2.36. The summed E-state index contributed by atoms with van der Waals surface area (Å²) >= 11 is 0. The zero-order chi connectivity index (χ0) is 13.1. The topological polar surface area (TPSA) is 95.7 Å². The maximum Gasteiger partial charge on any atom is 0.153 e. The van der Waals surface area contributed by atoms with Crippen LogP contribution in [0, 0.1) is 0 Å². The highest BCUT2D eigenvalue weighted by atomic mass is 16.3. The maximum absolute atomic E-state index is 10.1. The number of hydrogen-bond donors (Lipinski definition) is 2. The second-order valence-electron chi connectivity index (χ2n) is 3.63. The lowest BCUT2D eigenvalue weighted by molar-refractivity contribution is 0.483. The molecular formula is C12H13N5O. The number of nitrogens with two attached hydrogens (primary N) is 1. The summed E-state index contributed by atoms with van der Waals surface area (Å²) in [5.41, 5.74) is 7.26. The van der Waals surface area contributed by atoms with Gasteiger partial charge in [-0.1, -0.05) is 12.1 Å². The minimum Gasteiger partial charge on any atom is -0.505 e. The number of aromatic hydroxyl groups is 1. The van der Waals surface area contributed by atoms with Crippen molar-refractivity contribution in [1.29, 1.82) is 0 Å². The van der Waals surface area contributed by atoms with Gasteiger partial charge in [0, 0.05) is 14.1 Å². The Morgan fingerprint density at radius 1 is 0.944 bits per heavy atom. The third-order valence-electron chi connectivity index (χ3n) is 2.57. The second-order valence-corrected chi connectivity index (χ2v) is 3.63. The summed E-state index contributed by atoms with van der Waals surface area (Å²) in [7, 11) is 3.10. The normalized spacial score (nSPS) is 11.9. The molecule has 0 saturated carbocycles. The number of benzene rings is 2. The van der Waals surface area contributed by atoms with Crippen LogP contribution in [0.3, 0.4) is 0 Å². The van der Waals surface area contributed by atoms with E-state index in [1.807, 2.05) is 12.1 Å². The summed E-state index contributed by atoms with van der Waals surface area (Å²) in [6, 6.07) is 7.08. The third kappa shape index (κ3) is 1.88. The molecule has 0 bridgehead atoms. The second kappa shape index (κ2) is 4.79. The van der Waals surface area contributed by atoms with Gasteiger partial charge in [0.2, 0.25) is 0 Å². The van der Waals surface area contributed by atoms with Gasteiger partial charge in [-0.3, -0.25) is 0 Å². The van der Waals surface area contributed by atoms with Crippen LogP contribution in [-0.4, -0.2) is 19.2 Å². The van der Waals surface area contributed by atoms with Crippen LogP contribution in [0.25, 0.3) is 10.8 Å². The molecule has 0 unspecified atom stereocenters. The van der Waals surface area contributed by atoms with Gasteiger partial charge in [0.1, 0.15) is 11.4 Å². The first kappa shape index (κ1) is 12.0. The molecule has 0 atom stereocenters. The minimum absolute atomic E-state index is 0.00348. The molecule has 6 nitrogen and oxygen atoms in total. The number of nitrogens with zero attached hydrogens (tertiary/aromatic N) is 4. The van der Waals surface area contributed by atoms with E-state index in [-0.39, 0.29) is 5.75 Å². The molecule has 18 heavy (non-hydrogen) atoms. The number of nitrogen functional groups attached to an aromatic ring is 1. The van der Waals surface area contributed by atoms with Gasteiger partial charge >= 0.3 is 0 Å². The van der Waals surface area contributed by atoms with Crippen LogP contribution in [0.5, 0.6) is 5.75 Å². The zero-order valence-electron chi connectivity index (χ0n) is 10.1. The third-order valence-corrected chi connectivity index (χ3v) is 2.57. The Morgan fingerprint density at radius 3 is 2.11 bits per heavy atom. The van der Waals surface area contributed by atoms with E-state index in [9.17, 15) is 5.11 Å². The van der Waals surface area contributed by atoms with Crippen LogP contribution < -0.4 is 5.73 Å². The molecule has 6 heteroatoms. The van der Waals surface area contributed by atoms with Gasteiger partial charge in [0.05, 0.1) is 11.1 Å². The van der Waals surface area contributed by atoms with Gasteiger partial charge in [-0.05, 0) is 17.5 Å². The molecule has 0 heterocycles. The standard InChI is InChI=1S/C12H13N5O/c1-14-16-8-5-3-7-4-6-9(17-15-2)12(18)10(7)11(8)13/h3-6,18H,13H2,1-2H3. The number of hydrogen-bond acceptors (Lipinski definition) is 6. The van der Waals surface area contributed by atoms with Crippen molar-refractivity contribution in [3.8, 4) is 5.75 Å². The fourth-order valence-electron chi connectivity index (χ4n) is 1.79. The molecule has 0 amide bonds. The summed E-state index contributed by atoms with van der Waals surface area (Å²) in [5.74, 6) is 0.00348. The van der Waals surface area contributed by atoms with Crippen molar-refractivity contribution in [2.45, 2.75) is 0 Å². The average molecular weight is 243 g/mol. The molecule has 92 valence electrons. The fourth-order valence-corrected chi connectivity index (χ4v) is 1.79. The first-order valence-electron chi connectivity index (χ1n) is 5.33. The van der Waals surface area contributed by atoms with Gasteiger partial charge in [0.25, 0.3) is 0 Å². The van der Waals surface area contributed by atoms with Gasteiger partial charge < -0.3 is 10.8 Å². The number of anilines is 1.